The number of benzene rings is 2. The predicted octanol–water partition coefficient (Wildman–Crippen LogP) is 4.88. The van der Waals surface area contributed by atoms with Gasteiger partial charge < -0.3 is 14.6 Å². The summed E-state index contributed by atoms with van der Waals surface area (Å²) in [6.07, 6.45) is 0. The molecule has 0 atom stereocenters. The van der Waals surface area contributed by atoms with Gasteiger partial charge in [-0.25, -0.2) is 0 Å². The van der Waals surface area contributed by atoms with E-state index in [9.17, 15) is 4.79 Å². The number of thioether (sulfide) groups is 1. The van der Waals surface area contributed by atoms with E-state index in [0.29, 0.717) is 29.0 Å². The summed E-state index contributed by atoms with van der Waals surface area (Å²) < 4.78 is 7.91. The van der Waals surface area contributed by atoms with Crippen LogP contribution in [0.1, 0.15) is 23.9 Å². The van der Waals surface area contributed by atoms with Crippen molar-refractivity contribution in [3.05, 3.63) is 64.4 Å². The lowest BCUT2D eigenvalue weighted by atomic mass is 10.1. The number of carbonyl (C=O) groups excluding carboxylic acids is 1. The minimum Gasteiger partial charge on any atom is -0.485 e. The van der Waals surface area contributed by atoms with Crippen molar-refractivity contribution in [2.45, 2.75) is 39.1 Å². The molecular formula is C21H23ClN4O2S. The summed E-state index contributed by atoms with van der Waals surface area (Å²) >= 11 is 7.29. The van der Waals surface area contributed by atoms with Gasteiger partial charge in [0.2, 0.25) is 5.91 Å². The number of aryl methyl sites for hydroxylation is 2. The molecule has 0 saturated carbocycles. The Hall–Kier alpha value is -2.51. The van der Waals surface area contributed by atoms with Crippen molar-refractivity contribution in [3.8, 4) is 5.75 Å². The molecule has 152 valence electrons. The molecule has 0 saturated heterocycles. The van der Waals surface area contributed by atoms with Gasteiger partial charge in [-0.15, -0.1) is 10.2 Å². The zero-order chi connectivity index (χ0) is 20.8. The molecule has 1 heterocycles. The number of carbonyl (C=O) groups is 1. The van der Waals surface area contributed by atoms with Crippen LogP contribution >= 0.6 is 23.4 Å². The summed E-state index contributed by atoms with van der Waals surface area (Å²) in [6, 6.07) is 13.2. The fourth-order valence-electron chi connectivity index (χ4n) is 2.75. The molecule has 3 aromatic rings. The number of nitrogens with zero attached hydrogens (tertiary/aromatic N) is 3. The maximum atomic E-state index is 12.2. The van der Waals surface area contributed by atoms with Gasteiger partial charge in [-0.05, 0) is 56.2 Å². The zero-order valence-electron chi connectivity index (χ0n) is 16.6. The second-order valence-corrected chi connectivity index (χ2v) is 7.93. The van der Waals surface area contributed by atoms with E-state index in [0.717, 1.165) is 22.7 Å². The van der Waals surface area contributed by atoms with Gasteiger partial charge in [-0.1, -0.05) is 41.6 Å². The van der Waals surface area contributed by atoms with Gasteiger partial charge in [0, 0.05) is 17.3 Å². The van der Waals surface area contributed by atoms with Crippen LogP contribution in [0, 0.1) is 13.8 Å². The quantitative estimate of drug-likeness (QED) is 0.516. The van der Waals surface area contributed by atoms with E-state index in [4.69, 9.17) is 16.3 Å². The number of amides is 1. The third kappa shape index (κ3) is 5.74. The SMILES string of the molecule is CCn1c(COc2cc(C)ccc2C)nnc1SCC(=O)Nc1cccc(Cl)c1. The molecule has 0 aliphatic heterocycles. The average Bonchev–Trinajstić information content (AvgIpc) is 3.09. The molecule has 6 nitrogen and oxygen atoms in total. The Kier molecular flexibility index (Phi) is 7.17. The van der Waals surface area contributed by atoms with Crippen LogP contribution in [0.2, 0.25) is 5.02 Å². The van der Waals surface area contributed by atoms with Crippen molar-refractivity contribution < 1.29 is 9.53 Å². The van der Waals surface area contributed by atoms with Gasteiger partial charge >= 0.3 is 0 Å². The molecule has 1 amide bonds. The topological polar surface area (TPSA) is 69.0 Å². The van der Waals surface area contributed by atoms with E-state index in [1.54, 1.807) is 24.3 Å². The average molecular weight is 431 g/mol. The molecule has 1 aromatic heterocycles. The number of rotatable bonds is 8. The summed E-state index contributed by atoms with van der Waals surface area (Å²) in [5.41, 5.74) is 2.89. The smallest absolute Gasteiger partial charge is 0.234 e. The Morgan fingerprint density at radius 2 is 2.03 bits per heavy atom. The van der Waals surface area contributed by atoms with Crippen molar-refractivity contribution in [2.75, 3.05) is 11.1 Å². The lowest BCUT2D eigenvalue weighted by Gasteiger charge is -2.11. The molecule has 0 aliphatic rings. The first-order valence-corrected chi connectivity index (χ1v) is 10.6. The Bertz CT molecular complexity index is 1010. The Balaban J connectivity index is 1.60. The molecule has 0 aliphatic carbocycles. The molecule has 0 bridgehead atoms. The second kappa shape index (κ2) is 9.80. The highest BCUT2D eigenvalue weighted by molar-refractivity contribution is 7.99. The Morgan fingerprint density at radius 1 is 1.21 bits per heavy atom. The van der Waals surface area contributed by atoms with Crippen LogP contribution in [0.15, 0.2) is 47.6 Å². The van der Waals surface area contributed by atoms with Crippen LogP contribution < -0.4 is 10.1 Å². The maximum Gasteiger partial charge on any atom is 0.234 e. The lowest BCUT2D eigenvalue weighted by Crippen LogP contribution is -2.15. The predicted molar refractivity (Wildman–Crippen MR) is 117 cm³/mol. The van der Waals surface area contributed by atoms with Crippen molar-refractivity contribution in [2.24, 2.45) is 0 Å². The summed E-state index contributed by atoms with van der Waals surface area (Å²) in [5.74, 6) is 1.66. The minimum absolute atomic E-state index is 0.129. The van der Waals surface area contributed by atoms with Gasteiger partial charge in [0.1, 0.15) is 12.4 Å². The number of nitrogens with one attached hydrogen (secondary N) is 1. The third-order valence-corrected chi connectivity index (χ3v) is 5.45. The second-order valence-electron chi connectivity index (χ2n) is 6.55. The summed E-state index contributed by atoms with van der Waals surface area (Å²) in [7, 11) is 0. The fraction of sp³-hybridized carbons (Fsp3) is 0.286. The fourth-order valence-corrected chi connectivity index (χ4v) is 3.76. The molecular weight excluding hydrogens is 408 g/mol. The lowest BCUT2D eigenvalue weighted by molar-refractivity contribution is -0.113. The molecule has 0 spiro atoms. The highest BCUT2D eigenvalue weighted by Crippen LogP contribution is 2.22. The van der Waals surface area contributed by atoms with Gasteiger partial charge in [0.15, 0.2) is 11.0 Å². The summed E-state index contributed by atoms with van der Waals surface area (Å²) in [6.45, 7) is 7.07. The van der Waals surface area contributed by atoms with Crippen LogP contribution in [0.3, 0.4) is 0 Å². The normalized spacial score (nSPS) is 10.8. The Labute approximate surface area is 179 Å². The van der Waals surface area contributed by atoms with E-state index < -0.39 is 0 Å². The highest BCUT2D eigenvalue weighted by Gasteiger charge is 2.14. The van der Waals surface area contributed by atoms with Crippen LogP contribution in [0.5, 0.6) is 5.75 Å². The molecule has 0 unspecified atom stereocenters. The van der Waals surface area contributed by atoms with Crippen LogP contribution in [0.4, 0.5) is 5.69 Å². The van der Waals surface area contributed by atoms with E-state index in [1.807, 2.05) is 37.5 Å². The number of aromatic nitrogens is 3. The molecule has 2 aromatic carbocycles. The number of hydrogen-bond acceptors (Lipinski definition) is 5. The number of ether oxygens (including phenoxy) is 1. The molecule has 0 fully saturated rings. The molecule has 3 rings (SSSR count). The van der Waals surface area contributed by atoms with Gasteiger partial charge in [-0.3, -0.25) is 4.79 Å². The molecule has 29 heavy (non-hydrogen) atoms. The number of anilines is 1. The maximum absolute atomic E-state index is 12.2. The van der Waals surface area contributed by atoms with Crippen molar-refractivity contribution >= 4 is 35.0 Å². The molecule has 8 heteroatoms. The van der Waals surface area contributed by atoms with Crippen LogP contribution in [0.25, 0.3) is 0 Å². The van der Waals surface area contributed by atoms with Crippen LogP contribution in [-0.2, 0) is 17.9 Å². The van der Waals surface area contributed by atoms with E-state index in [-0.39, 0.29) is 11.7 Å². The van der Waals surface area contributed by atoms with Gasteiger partial charge in [0.05, 0.1) is 5.75 Å². The standard InChI is InChI=1S/C21H23ClN4O2S/c1-4-26-19(12-28-18-10-14(2)8-9-15(18)3)24-25-21(26)29-13-20(27)23-17-7-5-6-16(22)11-17/h5-11H,4,12-13H2,1-3H3,(H,23,27). The minimum atomic E-state index is -0.129. The van der Waals surface area contributed by atoms with Crippen molar-refractivity contribution in [1.82, 2.24) is 14.8 Å². The van der Waals surface area contributed by atoms with Gasteiger partial charge in [0.25, 0.3) is 0 Å². The van der Waals surface area contributed by atoms with E-state index in [2.05, 4.69) is 21.6 Å². The first kappa shape index (κ1) is 21.2. The third-order valence-electron chi connectivity index (χ3n) is 4.25. The first-order valence-electron chi connectivity index (χ1n) is 9.26. The number of halogens is 1. The van der Waals surface area contributed by atoms with E-state index in [1.165, 1.54) is 11.8 Å². The highest BCUT2D eigenvalue weighted by atomic mass is 35.5. The summed E-state index contributed by atoms with van der Waals surface area (Å²) in [4.78, 5) is 12.2. The largest absolute Gasteiger partial charge is 0.485 e. The van der Waals surface area contributed by atoms with Crippen molar-refractivity contribution in [1.29, 1.82) is 0 Å². The first-order chi connectivity index (χ1) is 14.0. The Morgan fingerprint density at radius 3 is 2.79 bits per heavy atom. The number of hydrogen-bond donors (Lipinski definition) is 1. The summed E-state index contributed by atoms with van der Waals surface area (Å²) in [5, 5.41) is 12.6. The van der Waals surface area contributed by atoms with Crippen molar-refractivity contribution in [3.63, 3.8) is 0 Å². The monoisotopic (exact) mass is 430 g/mol. The zero-order valence-corrected chi connectivity index (χ0v) is 18.2. The van der Waals surface area contributed by atoms with Gasteiger partial charge in [-0.2, -0.15) is 0 Å². The van der Waals surface area contributed by atoms with Crippen LogP contribution in [-0.4, -0.2) is 26.4 Å². The van der Waals surface area contributed by atoms with E-state index >= 15 is 0 Å². The molecule has 1 N–H and O–H groups in total. The molecule has 0 radical (unpaired) electrons.